The molecular weight excluding hydrogens is 204 g/mol. The lowest BCUT2D eigenvalue weighted by Gasteiger charge is -2.28. The molecule has 0 aromatic rings. The van der Waals surface area contributed by atoms with Crippen molar-refractivity contribution in [2.45, 2.75) is 44.2 Å². The Morgan fingerprint density at radius 2 is 2.25 bits per heavy atom. The third-order valence-corrected chi connectivity index (χ3v) is 3.09. The van der Waals surface area contributed by atoms with Gasteiger partial charge in [-0.1, -0.05) is 0 Å². The largest absolute Gasteiger partial charge is 0.376 e. The van der Waals surface area contributed by atoms with E-state index < -0.39 is 0 Å². The lowest BCUT2D eigenvalue weighted by molar-refractivity contribution is 0.00675. The number of guanidine groups is 1. The summed E-state index contributed by atoms with van der Waals surface area (Å²) in [5.74, 6) is 6.28. The van der Waals surface area contributed by atoms with Gasteiger partial charge in [0.1, 0.15) is 0 Å². The molecule has 0 aromatic heterocycles. The third-order valence-electron chi connectivity index (χ3n) is 3.09. The zero-order valence-corrected chi connectivity index (χ0v) is 9.98. The Hall–Kier alpha value is -0.810. The lowest BCUT2D eigenvalue weighted by Crippen LogP contribution is -2.46. The number of nitrogens with zero attached hydrogens (tertiary/aromatic N) is 2. The van der Waals surface area contributed by atoms with E-state index in [2.05, 4.69) is 15.3 Å². The van der Waals surface area contributed by atoms with Crippen LogP contribution in [0.2, 0.25) is 0 Å². The molecule has 1 heterocycles. The van der Waals surface area contributed by atoms with Gasteiger partial charge in [0.25, 0.3) is 0 Å². The second kappa shape index (κ2) is 5.50. The summed E-state index contributed by atoms with van der Waals surface area (Å²) in [5.41, 5.74) is 2.68. The minimum Gasteiger partial charge on any atom is -0.376 e. The summed E-state index contributed by atoms with van der Waals surface area (Å²) in [5, 5.41) is 0. The quantitative estimate of drug-likeness (QED) is 0.318. The summed E-state index contributed by atoms with van der Waals surface area (Å²) >= 11 is 0. The average molecular weight is 226 g/mol. The predicted molar refractivity (Wildman–Crippen MR) is 64.0 cm³/mol. The number of hydrogen-bond donors (Lipinski definition) is 2. The van der Waals surface area contributed by atoms with Gasteiger partial charge in [-0.15, -0.1) is 0 Å². The van der Waals surface area contributed by atoms with Crippen LogP contribution in [0.25, 0.3) is 0 Å². The highest BCUT2D eigenvalue weighted by Gasteiger charge is 2.23. The van der Waals surface area contributed by atoms with Crippen LogP contribution in [0.5, 0.6) is 0 Å². The zero-order chi connectivity index (χ0) is 11.4. The van der Waals surface area contributed by atoms with E-state index in [-0.39, 0.29) is 0 Å². The summed E-state index contributed by atoms with van der Waals surface area (Å²) in [6.07, 6.45) is 6.32. The topological polar surface area (TPSA) is 62.9 Å². The van der Waals surface area contributed by atoms with Crippen LogP contribution in [0, 0.1) is 0 Å². The Morgan fingerprint density at radius 3 is 2.81 bits per heavy atom. The maximum atomic E-state index is 5.70. The molecule has 2 fully saturated rings. The number of hydrazine groups is 1. The van der Waals surface area contributed by atoms with E-state index >= 15 is 0 Å². The second-order valence-electron chi connectivity index (χ2n) is 4.70. The molecule has 5 heteroatoms. The Balaban J connectivity index is 1.81. The molecule has 1 unspecified atom stereocenters. The molecule has 0 amide bonds. The van der Waals surface area contributed by atoms with Crippen LogP contribution in [-0.2, 0) is 4.74 Å². The van der Waals surface area contributed by atoms with Crippen molar-refractivity contribution in [1.29, 1.82) is 0 Å². The average Bonchev–Trinajstić information content (AvgIpc) is 3.11. The molecular formula is C11H22N4O. The maximum absolute atomic E-state index is 5.70. The Morgan fingerprint density at radius 1 is 1.44 bits per heavy atom. The minimum absolute atomic E-state index is 0.330. The molecule has 2 aliphatic rings. The fraction of sp³-hybridized carbons (Fsp3) is 0.909. The molecule has 16 heavy (non-hydrogen) atoms. The van der Waals surface area contributed by atoms with Crippen LogP contribution in [0.1, 0.15) is 32.1 Å². The number of rotatable bonds is 3. The molecule has 1 saturated carbocycles. The number of nitrogens with two attached hydrogens (primary N) is 1. The number of aliphatic imine (C=N–C) groups is 1. The van der Waals surface area contributed by atoms with E-state index in [0.717, 1.165) is 25.5 Å². The van der Waals surface area contributed by atoms with Crippen molar-refractivity contribution in [2.75, 3.05) is 20.2 Å². The van der Waals surface area contributed by atoms with E-state index in [1.807, 2.05) is 7.05 Å². The summed E-state index contributed by atoms with van der Waals surface area (Å²) < 4.78 is 5.70. The van der Waals surface area contributed by atoms with Crippen LogP contribution in [0.4, 0.5) is 0 Å². The van der Waals surface area contributed by atoms with Gasteiger partial charge in [0.2, 0.25) is 5.96 Å². The molecule has 1 aliphatic heterocycles. The molecule has 1 atom stereocenters. The molecule has 3 N–H and O–H groups in total. The van der Waals surface area contributed by atoms with Gasteiger partial charge in [0.15, 0.2) is 0 Å². The van der Waals surface area contributed by atoms with Crippen molar-refractivity contribution in [2.24, 2.45) is 10.8 Å². The molecule has 1 saturated heterocycles. The number of likely N-dealkylation sites (N-methyl/N-ethyl adjacent to an activating group) is 1. The third kappa shape index (κ3) is 3.35. The summed E-state index contributed by atoms with van der Waals surface area (Å²) in [7, 11) is 2.01. The number of nitrogens with one attached hydrogen (secondary N) is 1. The van der Waals surface area contributed by atoms with Gasteiger partial charge < -0.3 is 9.64 Å². The second-order valence-corrected chi connectivity index (χ2v) is 4.70. The Labute approximate surface area is 97.0 Å². The van der Waals surface area contributed by atoms with E-state index in [4.69, 9.17) is 10.6 Å². The molecule has 0 bridgehead atoms. The lowest BCUT2D eigenvalue weighted by atomic mass is 10.1. The van der Waals surface area contributed by atoms with Gasteiger partial charge >= 0.3 is 0 Å². The summed E-state index contributed by atoms with van der Waals surface area (Å²) in [6.45, 7) is 1.76. The van der Waals surface area contributed by atoms with Crippen LogP contribution in [0.3, 0.4) is 0 Å². The van der Waals surface area contributed by atoms with Crippen molar-refractivity contribution in [3.63, 3.8) is 0 Å². The van der Waals surface area contributed by atoms with Gasteiger partial charge in [-0.3, -0.25) is 5.43 Å². The maximum Gasteiger partial charge on any atom is 0.208 e. The van der Waals surface area contributed by atoms with Gasteiger partial charge in [0.05, 0.1) is 12.1 Å². The van der Waals surface area contributed by atoms with Gasteiger partial charge in [-0.25, -0.2) is 10.8 Å². The zero-order valence-electron chi connectivity index (χ0n) is 9.98. The standard InChI is InChI=1S/C11H22N4O/c1-15(8-10-4-2-3-7-16-10)11(14-12)13-9-5-6-9/h9-10H,2-8,12H2,1H3,(H,13,14). The van der Waals surface area contributed by atoms with Crippen molar-refractivity contribution in [3.05, 3.63) is 0 Å². The molecule has 1 aliphatic carbocycles. The molecule has 0 aromatic carbocycles. The first-order chi connectivity index (χ1) is 7.79. The van der Waals surface area contributed by atoms with Crippen molar-refractivity contribution >= 4 is 5.96 Å². The first kappa shape index (κ1) is 11.7. The van der Waals surface area contributed by atoms with Gasteiger partial charge in [0, 0.05) is 20.2 Å². The highest BCUT2D eigenvalue weighted by atomic mass is 16.5. The monoisotopic (exact) mass is 226 g/mol. The SMILES string of the molecule is CN(CC1CCCCO1)C(=NC1CC1)NN. The van der Waals surface area contributed by atoms with E-state index in [0.29, 0.717) is 12.1 Å². The molecule has 0 radical (unpaired) electrons. The van der Waals surface area contributed by atoms with E-state index in [1.165, 1.54) is 25.7 Å². The Kier molecular flexibility index (Phi) is 4.01. The molecule has 2 rings (SSSR count). The fourth-order valence-corrected chi connectivity index (χ4v) is 1.97. The molecule has 0 spiro atoms. The van der Waals surface area contributed by atoms with Crippen molar-refractivity contribution in [1.82, 2.24) is 10.3 Å². The fourth-order valence-electron chi connectivity index (χ4n) is 1.97. The minimum atomic E-state index is 0.330. The predicted octanol–water partition coefficient (Wildman–Crippen LogP) is 0.469. The smallest absolute Gasteiger partial charge is 0.208 e. The molecule has 92 valence electrons. The van der Waals surface area contributed by atoms with Crippen LogP contribution >= 0.6 is 0 Å². The van der Waals surface area contributed by atoms with Gasteiger partial charge in [-0.05, 0) is 32.1 Å². The Bertz CT molecular complexity index is 246. The van der Waals surface area contributed by atoms with Gasteiger partial charge in [-0.2, -0.15) is 0 Å². The normalized spacial score (nSPS) is 26.6. The highest BCUT2D eigenvalue weighted by molar-refractivity contribution is 5.79. The van der Waals surface area contributed by atoms with Crippen LogP contribution in [0.15, 0.2) is 4.99 Å². The summed E-state index contributed by atoms with van der Waals surface area (Å²) in [4.78, 5) is 6.59. The highest BCUT2D eigenvalue weighted by Crippen LogP contribution is 2.23. The summed E-state index contributed by atoms with van der Waals surface area (Å²) in [6, 6.07) is 0.487. The van der Waals surface area contributed by atoms with Crippen LogP contribution < -0.4 is 11.3 Å². The first-order valence-corrected chi connectivity index (χ1v) is 6.16. The number of hydrogen-bond acceptors (Lipinski definition) is 3. The molecule has 5 nitrogen and oxygen atoms in total. The van der Waals surface area contributed by atoms with E-state index in [1.54, 1.807) is 0 Å². The van der Waals surface area contributed by atoms with Crippen LogP contribution in [-0.4, -0.2) is 43.2 Å². The van der Waals surface area contributed by atoms with Crippen molar-refractivity contribution in [3.8, 4) is 0 Å². The van der Waals surface area contributed by atoms with Crippen molar-refractivity contribution < 1.29 is 4.74 Å². The first-order valence-electron chi connectivity index (χ1n) is 6.16. The van der Waals surface area contributed by atoms with E-state index in [9.17, 15) is 0 Å². The number of ether oxygens (including phenoxy) is 1.